The number of rotatable bonds is 13. The minimum absolute atomic E-state index is 0.0230. The van der Waals surface area contributed by atoms with Gasteiger partial charge in [0, 0.05) is 18.0 Å². The van der Waals surface area contributed by atoms with Gasteiger partial charge < -0.3 is 20.3 Å². The summed E-state index contributed by atoms with van der Waals surface area (Å²) >= 11 is 0. The zero-order chi connectivity index (χ0) is 36.8. The first-order chi connectivity index (χ1) is 21.9. The molecule has 2 aromatic carbocycles. The first-order valence-corrected chi connectivity index (χ1v) is 16.8. The van der Waals surface area contributed by atoms with Crippen molar-refractivity contribution in [3.8, 4) is 5.75 Å². The SMILES string of the molecule is CN[C@H](C(=O)N[C@H](C(=O)N(C)[C@H](/C=C(\C)C(=O)NS(=O)(=O)c1ccc(OC(F)(F)F)cc1)C(C)C)C(C)(C)C)C(C)(C)c1ccccc1. The van der Waals surface area contributed by atoms with Gasteiger partial charge in [0.1, 0.15) is 11.8 Å². The van der Waals surface area contributed by atoms with Crippen LogP contribution in [0, 0.1) is 11.3 Å². The molecule has 0 unspecified atom stereocenters. The van der Waals surface area contributed by atoms with Crippen molar-refractivity contribution in [1.29, 1.82) is 0 Å². The third kappa shape index (κ3) is 10.5. The van der Waals surface area contributed by atoms with Crippen molar-refractivity contribution in [2.75, 3.05) is 14.1 Å². The predicted molar refractivity (Wildman–Crippen MR) is 177 cm³/mol. The molecule has 14 heteroatoms. The van der Waals surface area contributed by atoms with Crippen LogP contribution in [0.3, 0.4) is 0 Å². The Bertz CT molecular complexity index is 1570. The summed E-state index contributed by atoms with van der Waals surface area (Å²) in [5, 5.41) is 6.05. The fourth-order valence-corrected chi connectivity index (χ4v) is 6.26. The third-order valence-corrected chi connectivity index (χ3v) is 9.39. The Morgan fingerprint density at radius 2 is 1.44 bits per heavy atom. The van der Waals surface area contributed by atoms with Crippen molar-refractivity contribution in [2.45, 2.75) is 90.2 Å². The van der Waals surface area contributed by atoms with Crippen LogP contribution in [0.4, 0.5) is 13.2 Å². The Hall–Kier alpha value is -3.91. The van der Waals surface area contributed by atoms with Gasteiger partial charge >= 0.3 is 6.36 Å². The number of sulfonamides is 1. The molecule has 0 aliphatic carbocycles. The minimum Gasteiger partial charge on any atom is -0.406 e. The molecule has 0 radical (unpaired) electrons. The maximum atomic E-state index is 14.1. The van der Waals surface area contributed by atoms with Crippen molar-refractivity contribution in [3.05, 3.63) is 71.8 Å². The second-order valence-electron chi connectivity index (χ2n) is 13.6. The van der Waals surface area contributed by atoms with Crippen LogP contribution < -0.4 is 20.1 Å². The molecular formula is C34H47F3N4O6S. The smallest absolute Gasteiger partial charge is 0.406 e. The van der Waals surface area contributed by atoms with Gasteiger partial charge in [0.05, 0.1) is 17.0 Å². The van der Waals surface area contributed by atoms with E-state index < -0.39 is 67.8 Å². The number of hydrogen-bond acceptors (Lipinski definition) is 7. The van der Waals surface area contributed by atoms with E-state index in [0.29, 0.717) is 0 Å². The largest absolute Gasteiger partial charge is 0.573 e. The van der Waals surface area contributed by atoms with Gasteiger partial charge in [-0.2, -0.15) is 0 Å². The van der Waals surface area contributed by atoms with Crippen molar-refractivity contribution < 1.29 is 40.7 Å². The van der Waals surface area contributed by atoms with Crippen LogP contribution in [0.25, 0.3) is 0 Å². The summed E-state index contributed by atoms with van der Waals surface area (Å²) in [7, 11) is -1.23. The summed E-state index contributed by atoms with van der Waals surface area (Å²) in [6.45, 7) is 14.4. The summed E-state index contributed by atoms with van der Waals surface area (Å²) in [5.74, 6) is -2.64. The first kappa shape index (κ1) is 40.3. The van der Waals surface area contributed by atoms with Gasteiger partial charge in [-0.15, -0.1) is 13.2 Å². The Labute approximate surface area is 281 Å². The van der Waals surface area contributed by atoms with E-state index >= 15 is 0 Å². The Balaban J connectivity index is 2.30. The molecule has 0 aliphatic rings. The standard InChI is InChI=1S/C34H47F3N4O6S/c1-21(2)26(20-22(3)29(42)40-48(45,46)25-18-16-24(17-19-25)47-34(35,36)37)41(10)31(44)28(32(4,5)6)39-30(43)27(38-9)33(7,8)23-14-12-11-13-15-23/h11-21,26-28,38H,1-10H3,(H,39,43)(H,40,42)/b22-20+/t26-,27-,28-/m1/s1. The number of carbonyl (C=O) groups excluding carboxylic acids is 3. The molecule has 266 valence electrons. The fraction of sp³-hybridized carbons (Fsp3) is 0.500. The highest BCUT2D eigenvalue weighted by Crippen LogP contribution is 2.29. The number of nitrogens with one attached hydrogen (secondary N) is 3. The minimum atomic E-state index is -4.95. The molecular weight excluding hydrogens is 649 g/mol. The van der Waals surface area contributed by atoms with Gasteiger partial charge in [0.15, 0.2) is 0 Å². The Morgan fingerprint density at radius 3 is 1.90 bits per heavy atom. The normalized spacial score (nSPS) is 14.9. The second kappa shape index (κ2) is 15.5. The first-order valence-electron chi connectivity index (χ1n) is 15.3. The topological polar surface area (TPSA) is 134 Å². The van der Waals surface area contributed by atoms with Crippen molar-refractivity contribution >= 4 is 27.7 Å². The molecule has 2 aromatic rings. The summed E-state index contributed by atoms with van der Waals surface area (Å²) in [6.07, 6.45) is -3.49. The molecule has 0 aliphatic heterocycles. The van der Waals surface area contributed by atoms with Crippen molar-refractivity contribution in [3.63, 3.8) is 0 Å². The molecule has 10 nitrogen and oxygen atoms in total. The number of carbonyl (C=O) groups is 3. The van der Waals surface area contributed by atoms with Crippen LogP contribution in [-0.4, -0.2) is 69.6 Å². The highest BCUT2D eigenvalue weighted by Gasteiger charge is 2.41. The number of likely N-dealkylation sites (N-methyl/N-ethyl adjacent to an activating group) is 2. The van der Waals surface area contributed by atoms with Crippen LogP contribution >= 0.6 is 0 Å². The van der Waals surface area contributed by atoms with E-state index in [1.54, 1.807) is 14.1 Å². The van der Waals surface area contributed by atoms with Gasteiger partial charge in [-0.25, -0.2) is 13.1 Å². The molecule has 0 saturated heterocycles. The average molecular weight is 697 g/mol. The van der Waals surface area contributed by atoms with E-state index in [0.717, 1.165) is 29.8 Å². The van der Waals surface area contributed by atoms with Gasteiger partial charge in [0.2, 0.25) is 11.8 Å². The summed E-state index contributed by atoms with van der Waals surface area (Å²) in [4.78, 5) is 41.8. The molecule has 2 rings (SSSR count). The average Bonchev–Trinajstić information content (AvgIpc) is 2.97. The third-order valence-electron chi connectivity index (χ3n) is 8.04. The monoisotopic (exact) mass is 696 g/mol. The zero-order valence-corrected chi connectivity index (χ0v) is 29.8. The lowest BCUT2D eigenvalue weighted by Gasteiger charge is -2.40. The number of hydrogen-bond donors (Lipinski definition) is 3. The Morgan fingerprint density at radius 1 is 0.896 bits per heavy atom. The number of amides is 3. The van der Waals surface area contributed by atoms with Crippen LogP contribution in [0.1, 0.15) is 61.0 Å². The molecule has 48 heavy (non-hydrogen) atoms. The highest BCUT2D eigenvalue weighted by atomic mass is 32.2. The predicted octanol–water partition coefficient (Wildman–Crippen LogP) is 4.92. The highest BCUT2D eigenvalue weighted by molar-refractivity contribution is 7.90. The van der Waals surface area contributed by atoms with Crippen LogP contribution in [0.2, 0.25) is 0 Å². The van der Waals surface area contributed by atoms with Crippen molar-refractivity contribution in [1.82, 2.24) is 20.3 Å². The van der Waals surface area contributed by atoms with Crippen LogP contribution in [0.5, 0.6) is 5.75 Å². The fourth-order valence-electron chi connectivity index (χ4n) is 5.24. The van der Waals surface area contributed by atoms with E-state index in [1.165, 1.54) is 17.9 Å². The lowest BCUT2D eigenvalue weighted by Crippen LogP contribution is -2.61. The van der Waals surface area contributed by atoms with E-state index in [-0.39, 0.29) is 17.4 Å². The summed E-state index contributed by atoms with van der Waals surface area (Å²) in [5.41, 5.74) is -0.443. The molecule has 0 heterocycles. The molecule has 0 saturated carbocycles. The second-order valence-corrected chi connectivity index (χ2v) is 15.3. The molecule has 0 fully saturated rings. The summed E-state index contributed by atoms with van der Waals surface area (Å²) < 4.78 is 68.7. The molecule has 3 N–H and O–H groups in total. The number of benzene rings is 2. The van der Waals surface area contributed by atoms with Gasteiger partial charge in [-0.3, -0.25) is 14.4 Å². The molecule has 0 aromatic heterocycles. The van der Waals surface area contributed by atoms with Gasteiger partial charge in [-0.1, -0.05) is 84.9 Å². The quantitative estimate of drug-likeness (QED) is 0.254. The van der Waals surface area contributed by atoms with E-state index in [4.69, 9.17) is 0 Å². The number of alkyl halides is 3. The molecule has 0 bridgehead atoms. The molecule has 3 amide bonds. The van der Waals surface area contributed by atoms with Crippen molar-refractivity contribution in [2.24, 2.45) is 11.3 Å². The van der Waals surface area contributed by atoms with E-state index in [1.807, 2.05) is 83.5 Å². The van der Waals surface area contributed by atoms with Crippen LogP contribution in [0.15, 0.2) is 71.1 Å². The summed E-state index contributed by atoms with van der Waals surface area (Å²) in [6, 6.07) is 10.6. The molecule has 3 atom stereocenters. The number of ether oxygens (including phenoxy) is 1. The van der Waals surface area contributed by atoms with E-state index in [2.05, 4.69) is 15.4 Å². The number of nitrogens with zero attached hydrogens (tertiary/aromatic N) is 1. The Kier molecular flexibility index (Phi) is 13.0. The van der Waals surface area contributed by atoms with Gasteiger partial charge in [-0.05, 0) is 55.1 Å². The van der Waals surface area contributed by atoms with Crippen LogP contribution in [-0.2, 0) is 29.8 Å². The lowest BCUT2D eigenvalue weighted by atomic mass is 9.76. The number of halogens is 3. The zero-order valence-electron chi connectivity index (χ0n) is 29.0. The maximum absolute atomic E-state index is 14.1. The van der Waals surface area contributed by atoms with Gasteiger partial charge in [0.25, 0.3) is 15.9 Å². The molecule has 0 spiro atoms. The van der Waals surface area contributed by atoms with E-state index in [9.17, 15) is 36.0 Å². The maximum Gasteiger partial charge on any atom is 0.573 e. The lowest BCUT2D eigenvalue weighted by molar-refractivity contribution is -0.274.